The second-order valence-electron chi connectivity index (χ2n) is 6.64. The molecule has 112 valence electrons. The largest absolute Gasteiger partial charge is 0.282 e. The average molecular weight is 288 g/mol. The molecule has 5 heteroatoms. The molecule has 0 aromatic rings. The van der Waals surface area contributed by atoms with Gasteiger partial charge in [-0.3, -0.25) is 0 Å². The van der Waals surface area contributed by atoms with Gasteiger partial charge in [-0.25, -0.2) is 0 Å². The number of hydrogen-bond acceptors (Lipinski definition) is 2. The van der Waals surface area contributed by atoms with Gasteiger partial charge in [0.2, 0.25) is 0 Å². The van der Waals surface area contributed by atoms with E-state index in [0.717, 1.165) is 32.1 Å². The fourth-order valence-electron chi connectivity index (χ4n) is 2.74. The van der Waals surface area contributed by atoms with Crippen molar-refractivity contribution in [2.24, 2.45) is 11.8 Å². The maximum Gasteiger partial charge on any atom is 0.282 e. The van der Waals surface area contributed by atoms with Crippen LogP contribution in [0.3, 0.4) is 0 Å². The zero-order valence-electron chi connectivity index (χ0n) is 12.5. The predicted molar refractivity (Wildman–Crippen MR) is 78.1 cm³/mol. The molecule has 2 aliphatic rings. The lowest BCUT2D eigenvalue weighted by Gasteiger charge is -2.34. The Morgan fingerprint density at radius 3 is 2.47 bits per heavy atom. The highest BCUT2D eigenvalue weighted by atomic mass is 32.2. The molecule has 1 atom stereocenters. The van der Waals surface area contributed by atoms with E-state index in [1.807, 2.05) is 0 Å². The van der Waals surface area contributed by atoms with Crippen molar-refractivity contribution < 1.29 is 8.42 Å². The van der Waals surface area contributed by atoms with Crippen molar-refractivity contribution in [3.05, 3.63) is 0 Å². The fourth-order valence-corrected chi connectivity index (χ4v) is 4.76. The Morgan fingerprint density at radius 1 is 1.26 bits per heavy atom. The quantitative estimate of drug-likeness (QED) is 0.753. The van der Waals surface area contributed by atoms with Gasteiger partial charge in [-0.2, -0.15) is 17.0 Å². The summed E-state index contributed by atoms with van der Waals surface area (Å²) in [4.78, 5) is 0. The van der Waals surface area contributed by atoms with E-state index < -0.39 is 10.2 Å². The van der Waals surface area contributed by atoms with Crippen LogP contribution in [-0.2, 0) is 10.2 Å². The van der Waals surface area contributed by atoms with Gasteiger partial charge in [0.1, 0.15) is 0 Å². The van der Waals surface area contributed by atoms with Crippen LogP contribution in [0.4, 0.5) is 0 Å². The molecular weight excluding hydrogens is 260 g/mol. The highest BCUT2D eigenvalue weighted by Crippen LogP contribution is 2.32. The Kier molecular flexibility index (Phi) is 4.90. The van der Waals surface area contributed by atoms with Crippen molar-refractivity contribution in [1.29, 1.82) is 0 Å². The third-order valence-corrected chi connectivity index (χ3v) is 6.18. The molecule has 1 aliphatic carbocycles. The van der Waals surface area contributed by atoms with Crippen molar-refractivity contribution in [2.45, 2.75) is 58.9 Å². The third kappa shape index (κ3) is 3.92. The van der Waals surface area contributed by atoms with E-state index in [4.69, 9.17) is 0 Å². The summed E-state index contributed by atoms with van der Waals surface area (Å²) in [5, 5.41) is 0. The summed E-state index contributed by atoms with van der Waals surface area (Å²) in [6.45, 7) is 8.55. The molecule has 1 aliphatic heterocycles. The van der Waals surface area contributed by atoms with Crippen LogP contribution in [0.2, 0.25) is 0 Å². The van der Waals surface area contributed by atoms with Crippen molar-refractivity contribution in [2.75, 3.05) is 19.6 Å². The highest BCUT2D eigenvalue weighted by molar-refractivity contribution is 7.86. The molecule has 19 heavy (non-hydrogen) atoms. The van der Waals surface area contributed by atoms with Gasteiger partial charge >= 0.3 is 0 Å². The van der Waals surface area contributed by atoms with Crippen molar-refractivity contribution in [3.63, 3.8) is 0 Å². The summed E-state index contributed by atoms with van der Waals surface area (Å²) in [7, 11) is -3.22. The van der Waals surface area contributed by atoms with Crippen LogP contribution in [0.25, 0.3) is 0 Å². The molecule has 1 saturated carbocycles. The number of hydrogen-bond donors (Lipinski definition) is 0. The van der Waals surface area contributed by atoms with Crippen LogP contribution < -0.4 is 0 Å². The van der Waals surface area contributed by atoms with Gasteiger partial charge in [0.05, 0.1) is 0 Å². The third-order valence-electron chi connectivity index (χ3n) is 4.12. The van der Waals surface area contributed by atoms with E-state index in [0.29, 0.717) is 31.5 Å². The van der Waals surface area contributed by atoms with E-state index >= 15 is 0 Å². The Morgan fingerprint density at radius 2 is 1.95 bits per heavy atom. The fraction of sp³-hybridized carbons (Fsp3) is 1.00. The molecular formula is C14H28N2O2S. The summed E-state index contributed by atoms with van der Waals surface area (Å²) in [6, 6.07) is 0.279. The standard InChI is InChI=1S/C14H28N2O2S/c1-12(2)8-10-16(14-6-7-14)19(17,18)15-9-4-5-13(3)11-15/h12-14H,4-11H2,1-3H3/t13-/m1/s1. The molecule has 0 unspecified atom stereocenters. The topological polar surface area (TPSA) is 40.6 Å². The Hall–Kier alpha value is -0.130. The highest BCUT2D eigenvalue weighted by Gasteiger charge is 2.40. The summed E-state index contributed by atoms with van der Waals surface area (Å²) in [5.41, 5.74) is 0. The summed E-state index contributed by atoms with van der Waals surface area (Å²) in [6.07, 6.45) is 5.20. The summed E-state index contributed by atoms with van der Waals surface area (Å²) < 4.78 is 29.1. The van der Waals surface area contributed by atoms with Crippen molar-refractivity contribution in [1.82, 2.24) is 8.61 Å². The van der Waals surface area contributed by atoms with Crippen LogP contribution >= 0.6 is 0 Å². The van der Waals surface area contributed by atoms with E-state index in [1.165, 1.54) is 0 Å². The van der Waals surface area contributed by atoms with Gasteiger partial charge < -0.3 is 0 Å². The lowest BCUT2D eigenvalue weighted by atomic mass is 10.0. The second kappa shape index (κ2) is 6.10. The van der Waals surface area contributed by atoms with Gasteiger partial charge in [0.25, 0.3) is 10.2 Å². The number of piperidine rings is 1. The maximum absolute atomic E-state index is 12.8. The normalized spacial score (nSPS) is 26.3. The smallest absolute Gasteiger partial charge is 0.195 e. The van der Waals surface area contributed by atoms with Crippen LogP contribution in [0.5, 0.6) is 0 Å². The number of nitrogens with zero attached hydrogens (tertiary/aromatic N) is 2. The Balaban J connectivity index is 2.05. The minimum atomic E-state index is -3.22. The molecule has 0 aromatic carbocycles. The van der Waals surface area contributed by atoms with Crippen LogP contribution in [0.15, 0.2) is 0 Å². The molecule has 2 fully saturated rings. The van der Waals surface area contributed by atoms with Gasteiger partial charge in [-0.05, 0) is 43.9 Å². The lowest BCUT2D eigenvalue weighted by Crippen LogP contribution is -2.48. The van der Waals surface area contributed by atoms with E-state index in [1.54, 1.807) is 8.61 Å². The molecule has 0 spiro atoms. The molecule has 0 radical (unpaired) electrons. The first-order chi connectivity index (χ1) is 8.91. The van der Waals surface area contributed by atoms with Gasteiger partial charge in [0, 0.05) is 25.7 Å². The summed E-state index contributed by atoms with van der Waals surface area (Å²) in [5.74, 6) is 1.05. The Bertz CT molecular complexity index is 390. The van der Waals surface area contributed by atoms with Crippen LogP contribution in [0, 0.1) is 11.8 Å². The van der Waals surface area contributed by atoms with E-state index in [9.17, 15) is 8.42 Å². The molecule has 0 amide bonds. The monoisotopic (exact) mass is 288 g/mol. The van der Waals surface area contributed by atoms with Crippen LogP contribution in [0.1, 0.15) is 52.9 Å². The first kappa shape index (κ1) is 15.3. The lowest BCUT2D eigenvalue weighted by molar-refractivity contribution is 0.252. The zero-order chi connectivity index (χ0) is 14.0. The molecule has 1 saturated heterocycles. The van der Waals surface area contributed by atoms with Crippen LogP contribution in [-0.4, -0.2) is 42.7 Å². The molecule has 0 N–H and O–H groups in total. The summed E-state index contributed by atoms with van der Waals surface area (Å²) >= 11 is 0. The van der Waals surface area contributed by atoms with Crippen molar-refractivity contribution >= 4 is 10.2 Å². The number of rotatable bonds is 6. The molecule has 2 rings (SSSR count). The van der Waals surface area contributed by atoms with E-state index in [2.05, 4.69) is 20.8 Å². The van der Waals surface area contributed by atoms with E-state index in [-0.39, 0.29) is 6.04 Å². The predicted octanol–water partition coefficient (Wildman–Crippen LogP) is 2.47. The SMILES string of the molecule is CC(C)CCN(C1CC1)S(=O)(=O)N1CCC[C@@H](C)C1. The second-order valence-corrected chi connectivity index (χ2v) is 8.52. The molecule has 1 heterocycles. The molecule has 0 bridgehead atoms. The first-order valence-electron chi connectivity index (χ1n) is 7.68. The molecule has 4 nitrogen and oxygen atoms in total. The molecule has 0 aromatic heterocycles. The maximum atomic E-state index is 12.8. The van der Waals surface area contributed by atoms with Crippen molar-refractivity contribution in [3.8, 4) is 0 Å². The van der Waals surface area contributed by atoms with Gasteiger partial charge in [-0.1, -0.05) is 20.8 Å². The Labute approximate surface area is 118 Å². The first-order valence-corrected chi connectivity index (χ1v) is 9.08. The minimum Gasteiger partial charge on any atom is -0.195 e. The average Bonchev–Trinajstić information content (AvgIpc) is 3.13. The zero-order valence-corrected chi connectivity index (χ0v) is 13.3. The minimum absolute atomic E-state index is 0.279. The van der Waals surface area contributed by atoms with Gasteiger partial charge in [-0.15, -0.1) is 0 Å². The van der Waals surface area contributed by atoms with Gasteiger partial charge in [0.15, 0.2) is 0 Å².